The molecule has 0 amide bonds. The predicted octanol–water partition coefficient (Wildman–Crippen LogP) is 6.01. The van der Waals surface area contributed by atoms with Crippen molar-refractivity contribution in [2.45, 2.75) is 19.3 Å². The Morgan fingerprint density at radius 2 is 1.60 bits per heavy atom. The van der Waals surface area contributed by atoms with E-state index in [9.17, 15) is 0 Å². The van der Waals surface area contributed by atoms with E-state index in [1.165, 1.54) is 48.3 Å². The van der Waals surface area contributed by atoms with Gasteiger partial charge in [0.25, 0.3) is 0 Å². The van der Waals surface area contributed by atoms with Crippen molar-refractivity contribution in [2.24, 2.45) is 0 Å². The first-order valence-corrected chi connectivity index (χ1v) is 9.75. The van der Waals surface area contributed by atoms with Gasteiger partial charge in [0.15, 0.2) is 0 Å². The maximum atomic E-state index is 4.61. The van der Waals surface area contributed by atoms with Crippen LogP contribution in [0.5, 0.6) is 0 Å². The van der Waals surface area contributed by atoms with E-state index in [4.69, 9.17) is 0 Å². The van der Waals surface area contributed by atoms with E-state index < -0.39 is 0 Å². The van der Waals surface area contributed by atoms with Crippen LogP contribution in [0.15, 0.2) is 60.7 Å². The molecule has 25 heavy (non-hydrogen) atoms. The van der Waals surface area contributed by atoms with Gasteiger partial charge in [-0.3, -0.25) is 0 Å². The number of para-hydroxylation sites is 1. The summed E-state index contributed by atoms with van der Waals surface area (Å²) in [5, 5.41) is 1.05. The van der Waals surface area contributed by atoms with Crippen molar-refractivity contribution in [1.29, 1.82) is 0 Å². The first-order valence-electron chi connectivity index (χ1n) is 8.94. The van der Waals surface area contributed by atoms with Gasteiger partial charge in [-0.25, -0.2) is 4.98 Å². The fourth-order valence-electron chi connectivity index (χ4n) is 3.21. The molecule has 0 aliphatic carbocycles. The van der Waals surface area contributed by atoms with Crippen LogP contribution in [0.3, 0.4) is 0 Å². The van der Waals surface area contributed by atoms with Crippen LogP contribution < -0.4 is 4.90 Å². The lowest BCUT2D eigenvalue weighted by Crippen LogP contribution is -2.29. The fraction of sp³-hybridized carbons (Fsp3) is 0.227. The quantitative estimate of drug-likeness (QED) is 0.538. The van der Waals surface area contributed by atoms with E-state index in [0.717, 1.165) is 10.5 Å². The van der Waals surface area contributed by atoms with Crippen molar-refractivity contribution in [3.05, 3.63) is 71.3 Å². The number of hydrogen-bond donors (Lipinski definition) is 0. The third-order valence-electron chi connectivity index (χ3n) is 4.56. The number of aromatic nitrogens is 1. The van der Waals surface area contributed by atoms with Crippen LogP contribution in [0.4, 0.5) is 5.69 Å². The zero-order valence-electron chi connectivity index (χ0n) is 14.3. The Balaban J connectivity index is 1.39. The predicted molar refractivity (Wildman–Crippen MR) is 110 cm³/mol. The van der Waals surface area contributed by atoms with Crippen LogP contribution in [0.25, 0.3) is 22.4 Å². The molecule has 3 heteroatoms. The third-order valence-corrected chi connectivity index (χ3v) is 5.56. The van der Waals surface area contributed by atoms with Crippen molar-refractivity contribution in [3.8, 4) is 0 Å². The molecule has 2 heterocycles. The van der Waals surface area contributed by atoms with Gasteiger partial charge >= 0.3 is 0 Å². The molecular formula is C22H22N2S. The molecule has 0 radical (unpaired) electrons. The Morgan fingerprint density at radius 3 is 2.40 bits per heavy atom. The zero-order valence-corrected chi connectivity index (χ0v) is 15.1. The number of benzene rings is 2. The van der Waals surface area contributed by atoms with Gasteiger partial charge in [-0.05, 0) is 55.2 Å². The van der Waals surface area contributed by atoms with Crippen LogP contribution in [0, 0.1) is 0 Å². The van der Waals surface area contributed by atoms with Crippen LogP contribution >= 0.6 is 11.3 Å². The van der Waals surface area contributed by atoms with Gasteiger partial charge in [-0.1, -0.05) is 42.5 Å². The van der Waals surface area contributed by atoms with Gasteiger partial charge in [0, 0.05) is 18.8 Å². The average molecular weight is 346 g/mol. The highest BCUT2D eigenvalue weighted by atomic mass is 32.1. The molecule has 0 N–H and O–H groups in total. The molecule has 1 aliphatic rings. The van der Waals surface area contributed by atoms with Gasteiger partial charge in [-0.2, -0.15) is 0 Å². The second-order valence-electron chi connectivity index (χ2n) is 6.38. The first-order chi connectivity index (χ1) is 12.4. The Kier molecular flexibility index (Phi) is 4.93. The smallest absolute Gasteiger partial charge is 0.117 e. The van der Waals surface area contributed by atoms with Gasteiger partial charge in [0.1, 0.15) is 5.01 Å². The molecule has 2 nitrogen and oxygen atoms in total. The van der Waals surface area contributed by atoms with E-state index in [1.807, 2.05) is 6.07 Å². The van der Waals surface area contributed by atoms with Crippen LogP contribution in [-0.4, -0.2) is 18.1 Å². The van der Waals surface area contributed by atoms with Gasteiger partial charge in [-0.15, -0.1) is 11.3 Å². The summed E-state index contributed by atoms with van der Waals surface area (Å²) in [5.41, 5.74) is 3.65. The molecule has 4 rings (SSSR count). The van der Waals surface area contributed by atoms with Crippen LogP contribution in [0.1, 0.15) is 29.8 Å². The highest BCUT2D eigenvalue weighted by Crippen LogP contribution is 2.23. The molecular weight excluding hydrogens is 324 g/mol. The van der Waals surface area contributed by atoms with E-state index in [0.29, 0.717) is 0 Å². The molecule has 1 saturated heterocycles. The van der Waals surface area contributed by atoms with E-state index in [2.05, 4.69) is 76.7 Å². The second-order valence-corrected chi connectivity index (χ2v) is 7.44. The molecule has 2 aromatic carbocycles. The number of fused-ring (bicyclic) bond motifs is 1. The summed E-state index contributed by atoms with van der Waals surface area (Å²) in [7, 11) is 0. The summed E-state index contributed by atoms with van der Waals surface area (Å²) >= 11 is 1.72. The molecule has 3 aromatic rings. The summed E-state index contributed by atoms with van der Waals surface area (Å²) in [4.78, 5) is 7.10. The van der Waals surface area contributed by atoms with E-state index >= 15 is 0 Å². The second kappa shape index (κ2) is 7.66. The van der Waals surface area contributed by atoms with Crippen molar-refractivity contribution >= 4 is 39.4 Å². The topological polar surface area (TPSA) is 16.1 Å². The van der Waals surface area contributed by atoms with Crippen molar-refractivity contribution < 1.29 is 0 Å². The lowest BCUT2D eigenvalue weighted by Gasteiger charge is -2.28. The highest BCUT2D eigenvalue weighted by molar-refractivity contribution is 7.19. The summed E-state index contributed by atoms with van der Waals surface area (Å²) in [6, 6.07) is 17.1. The molecule has 0 saturated carbocycles. The summed E-state index contributed by atoms with van der Waals surface area (Å²) in [6.45, 7) is 2.39. The minimum atomic E-state index is 1.05. The molecule has 1 fully saturated rings. The van der Waals surface area contributed by atoms with Gasteiger partial charge in [0.05, 0.1) is 10.2 Å². The summed E-state index contributed by atoms with van der Waals surface area (Å²) < 4.78 is 1.24. The van der Waals surface area contributed by atoms with Crippen LogP contribution in [-0.2, 0) is 0 Å². The highest BCUT2D eigenvalue weighted by Gasteiger charge is 2.09. The number of thiazole rings is 1. The lowest BCUT2D eigenvalue weighted by molar-refractivity contribution is 0.578. The average Bonchev–Trinajstić information content (AvgIpc) is 3.09. The number of piperidine rings is 1. The number of nitrogens with zero attached hydrogens (tertiary/aromatic N) is 2. The normalized spacial score (nSPS) is 15.6. The standard InChI is InChI=1S/C22H22N2S/c1-6-16-24(17-7-1)19-14-12-18(13-15-19)8-2-5-11-22-23-20-9-3-4-10-21(20)25-22/h2-5,8-15H,1,6-7,16-17H2. The lowest BCUT2D eigenvalue weighted by atomic mass is 10.1. The number of hydrogen-bond acceptors (Lipinski definition) is 3. The molecule has 0 bridgehead atoms. The monoisotopic (exact) mass is 346 g/mol. The van der Waals surface area contributed by atoms with Gasteiger partial charge < -0.3 is 4.90 Å². The first kappa shape index (κ1) is 16.1. The van der Waals surface area contributed by atoms with Crippen LogP contribution in [0.2, 0.25) is 0 Å². The molecule has 0 unspecified atom stereocenters. The minimum Gasteiger partial charge on any atom is -0.372 e. The number of rotatable bonds is 4. The maximum absolute atomic E-state index is 4.61. The Labute approximate surface area is 153 Å². The van der Waals surface area contributed by atoms with Crippen molar-refractivity contribution in [3.63, 3.8) is 0 Å². The third kappa shape index (κ3) is 3.99. The maximum Gasteiger partial charge on any atom is 0.117 e. The SMILES string of the molecule is C(C=Cc1nc2ccccc2s1)=Cc1ccc(N2CCCCC2)cc1. The Hall–Kier alpha value is -2.39. The Morgan fingerprint density at radius 1 is 0.840 bits per heavy atom. The minimum absolute atomic E-state index is 1.05. The molecule has 1 aromatic heterocycles. The molecule has 0 atom stereocenters. The van der Waals surface area contributed by atoms with Crippen molar-refractivity contribution in [2.75, 3.05) is 18.0 Å². The van der Waals surface area contributed by atoms with Crippen molar-refractivity contribution in [1.82, 2.24) is 4.98 Å². The van der Waals surface area contributed by atoms with Gasteiger partial charge in [0.2, 0.25) is 0 Å². The largest absolute Gasteiger partial charge is 0.372 e. The summed E-state index contributed by atoms with van der Waals surface area (Å²) in [5.74, 6) is 0. The fourth-order valence-corrected chi connectivity index (χ4v) is 4.09. The Bertz CT molecular complexity index is 851. The zero-order chi connectivity index (χ0) is 16.9. The molecule has 0 spiro atoms. The number of anilines is 1. The molecule has 1 aliphatic heterocycles. The number of allylic oxidation sites excluding steroid dienone is 2. The van der Waals surface area contributed by atoms with E-state index in [-0.39, 0.29) is 0 Å². The summed E-state index contributed by atoms with van der Waals surface area (Å²) in [6.07, 6.45) is 12.4. The van der Waals surface area contributed by atoms with E-state index in [1.54, 1.807) is 11.3 Å². The molecule has 126 valence electrons.